The van der Waals surface area contributed by atoms with Gasteiger partial charge in [0.2, 0.25) is 10.0 Å². The van der Waals surface area contributed by atoms with Crippen LogP contribution in [0.5, 0.6) is 0 Å². The first-order valence-corrected chi connectivity index (χ1v) is 9.27. The zero-order chi connectivity index (χ0) is 15.6. The molecule has 6 heteroatoms. The van der Waals surface area contributed by atoms with Crippen molar-refractivity contribution in [2.45, 2.75) is 50.9 Å². The lowest BCUT2D eigenvalue weighted by Crippen LogP contribution is -2.40. The van der Waals surface area contributed by atoms with Gasteiger partial charge in [0.1, 0.15) is 4.99 Å². The lowest BCUT2D eigenvalue weighted by Gasteiger charge is -2.27. The molecule has 1 aromatic rings. The van der Waals surface area contributed by atoms with E-state index in [9.17, 15) is 8.42 Å². The van der Waals surface area contributed by atoms with E-state index in [1.807, 2.05) is 13.8 Å². The van der Waals surface area contributed by atoms with Gasteiger partial charge in [-0.1, -0.05) is 37.3 Å². The highest BCUT2D eigenvalue weighted by atomic mass is 32.2. The molecule has 21 heavy (non-hydrogen) atoms. The van der Waals surface area contributed by atoms with Crippen LogP contribution in [0.4, 0.5) is 0 Å². The van der Waals surface area contributed by atoms with E-state index in [4.69, 9.17) is 18.0 Å². The third-order valence-corrected chi connectivity index (χ3v) is 6.30. The number of nitrogens with two attached hydrogens (primary N) is 1. The molecule has 4 nitrogen and oxygen atoms in total. The van der Waals surface area contributed by atoms with E-state index >= 15 is 0 Å². The Kier molecular flexibility index (Phi) is 5.01. The van der Waals surface area contributed by atoms with Crippen LogP contribution in [-0.2, 0) is 15.8 Å². The standard InChI is InChI=1S/C15H22N2O2S2/c1-3-14-8-7-11(2)17(14)21(18,19)10-12-5-4-6-13(9-12)15(16)20/h4-6,9,11,14H,3,7-8,10H2,1-2H3,(H2,16,20). The monoisotopic (exact) mass is 326 g/mol. The predicted octanol–water partition coefficient (Wildman–Crippen LogP) is 2.41. The van der Waals surface area contributed by atoms with E-state index in [1.165, 1.54) is 0 Å². The molecule has 2 atom stereocenters. The molecule has 0 aromatic heterocycles. The summed E-state index contributed by atoms with van der Waals surface area (Å²) < 4.78 is 27.1. The molecule has 1 saturated heterocycles. The van der Waals surface area contributed by atoms with Crippen molar-refractivity contribution in [3.8, 4) is 0 Å². The number of nitrogens with zero attached hydrogens (tertiary/aromatic N) is 1. The number of hydrogen-bond donors (Lipinski definition) is 1. The summed E-state index contributed by atoms with van der Waals surface area (Å²) in [6.07, 6.45) is 2.74. The molecule has 0 aliphatic carbocycles. The number of hydrogen-bond acceptors (Lipinski definition) is 3. The van der Waals surface area contributed by atoms with Gasteiger partial charge >= 0.3 is 0 Å². The minimum atomic E-state index is -3.32. The predicted molar refractivity (Wildman–Crippen MR) is 89.6 cm³/mol. The van der Waals surface area contributed by atoms with E-state index < -0.39 is 10.0 Å². The van der Waals surface area contributed by atoms with Crippen molar-refractivity contribution >= 4 is 27.2 Å². The summed E-state index contributed by atoms with van der Waals surface area (Å²) in [5, 5.41) is 0. The fourth-order valence-electron chi connectivity index (χ4n) is 3.03. The molecule has 0 radical (unpaired) electrons. The molecular formula is C15H22N2O2S2. The quantitative estimate of drug-likeness (QED) is 0.844. The van der Waals surface area contributed by atoms with Gasteiger partial charge in [-0.05, 0) is 37.8 Å². The third kappa shape index (κ3) is 3.62. The van der Waals surface area contributed by atoms with Crippen LogP contribution in [0, 0.1) is 0 Å². The van der Waals surface area contributed by atoms with Gasteiger partial charge in [-0.15, -0.1) is 0 Å². The summed E-state index contributed by atoms with van der Waals surface area (Å²) in [5.74, 6) is 0.00426. The van der Waals surface area contributed by atoms with E-state index in [0.717, 1.165) is 24.8 Å². The van der Waals surface area contributed by atoms with Crippen LogP contribution >= 0.6 is 12.2 Å². The number of sulfonamides is 1. The summed E-state index contributed by atoms with van der Waals surface area (Å²) in [5.41, 5.74) is 7.04. The molecule has 0 saturated carbocycles. The summed E-state index contributed by atoms with van der Waals surface area (Å²) >= 11 is 4.94. The van der Waals surface area contributed by atoms with Crippen LogP contribution in [0.25, 0.3) is 0 Å². The molecule has 1 aliphatic heterocycles. The molecule has 116 valence electrons. The fourth-order valence-corrected chi connectivity index (χ4v) is 5.27. The second-order valence-electron chi connectivity index (χ2n) is 5.64. The molecule has 1 heterocycles. The second-order valence-corrected chi connectivity index (χ2v) is 7.95. The normalized spacial score (nSPS) is 23.3. The Morgan fingerprint density at radius 3 is 2.76 bits per heavy atom. The molecule has 2 unspecified atom stereocenters. The Balaban J connectivity index is 2.25. The SMILES string of the molecule is CCC1CCC(C)N1S(=O)(=O)Cc1cccc(C(N)=S)c1. The Labute approximate surface area is 132 Å². The summed E-state index contributed by atoms with van der Waals surface area (Å²) in [6, 6.07) is 7.38. The third-order valence-electron chi connectivity index (χ3n) is 4.07. The highest BCUT2D eigenvalue weighted by Crippen LogP contribution is 2.30. The number of benzene rings is 1. The van der Waals surface area contributed by atoms with Gasteiger partial charge in [-0.3, -0.25) is 0 Å². The summed E-state index contributed by atoms with van der Waals surface area (Å²) in [6.45, 7) is 4.03. The van der Waals surface area contributed by atoms with E-state index in [2.05, 4.69) is 0 Å². The number of rotatable bonds is 5. The fraction of sp³-hybridized carbons (Fsp3) is 0.533. The minimum Gasteiger partial charge on any atom is -0.389 e. The molecule has 1 aliphatic rings. The van der Waals surface area contributed by atoms with Crippen LogP contribution in [0.15, 0.2) is 24.3 Å². The molecule has 2 rings (SSSR count). The Morgan fingerprint density at radius 1 is 1.43 bits per heavy atom. The van der Waals surface area contributed by atoms with Crippen molar-refractivity contribution in [1.29, 1.82) is 0 Å². The van der Waals surface area contributed by atoms with Crippen LogP contribution in [-0.4, -0.2) is 29.8 Å². The van der Waals surface area contributed by atoms with Crippen molar-refractivity contribution in [1.82, 2.24) is 4.31 Å². The minimum absolute atomic E-state index is 0.00426. The van der Waals surface area contributed by atoms with Gasteiger partial charge in [-0.25, -0.2) is 8.42 Å². The van der Waals surface area contributed by atoms with Gasteiger partial charge in [0.15, 0.2) is 0 Å². The topological polar surface area (TPSA) is 63.4 Å². The average molecular weight is 326 g/mol. The van der Waals surface area contributed by atoms with Gasteiger partial charge in [-0.2, -0.15) is 4.31 Å². The highest BCUT2D eigenvalue weighted by Gasteiger charge is 2.38. The maximum absolute atomic E-state index is 12.7. The van der Waals surface area contributed by atoms with Crippen LogP contribution in [0.1, 0.15) is 44.2 Å². The van der Waals surface area contributed by atoms with Crippen LogP contribution < -0.4 is 5.73 Å². The first kappa shape index (κ1) is 16.4. The first-order valence-electron chi connectivity index (χ1n) is 7.25. The van der Waals surface area contributed by atoms with Crippen molar-refractivity contribution in [2.75, 3.05) is 0 Å². The molecule has 0 bridgehead atoms. The maximum atomic E-state index is 12.7. The first-order chi connectivity index (χ1) is 9.85. The largest absolute Gasteiger partial charge is 0.389 e. The lowest BCUT2D eigenvalue weighted by atomic mass is 10.1. The van der Waals surface area contributed by atoms with Crippen molar-refractivity contribution in [3.63, 3.8) is 0 Å². The summed E-state index contributed by atoms with van der Waals surface area (Å²) in [7, 11) is -3.32. The zero-order valence-electron chi connectivity index (χ0n) is 12.5. The molecule has 1 fully saturated rings. The second kappa shape index (κ2) is 6.42. The van der Waals surface area contributed by atoms with Crippen molar-refractivity contribution in [2.24, 2.45) is 5.73 Å². The Bertz CT molecular complexity index is 628. The summed E-state index contributed by atoms with van der Waals surface area (Å²) in [4.78, 5) is 0.287. The van der Waals surface area contributed by atoms with E-state index in [1.54, 1.807) is 28.6 Å². The Hall–Kier alpha value is -0.980. The van der Waals surface area contributed by atoms with Gasteiger partial charge in [0.05, 0.1) is 5.75 Å². The van der Waals surface area contributed by atoms with Crippen LogP contribution in [0.3, 0.4) is 0 Å². The Morgan fingerprint density at radius 2 is 2.14 bits per heavy atom. The van der Waals surface area contributed by atoms with Gasteiger partial charge in [0, 0.05) is 17.6 Å². The molecule has 0 spiro atoms. The van der Waals surface area contributed by atoms with E-state index in [0.29, 0.717) is 5.56 Å². The molecule has 2 N–H and O–H groups in total. The van der Waals surface area contributed by atoms with Gasteiger partial charge < -0.3 is 5.73 Å². The zero-order valence-corrected chi connectivity index (χ0v) is 14.1. The maximum Gasteiger partial charge on any atom is 0.218 e. The van der Waals surface area contributed by atoms with Gasteiger partial charge in [0.25, 0.3) is 0 Å². The number of thiocarbonyl (C=S) groups is 1. The highest BCUT2D eigenvalue weighted by molar-refractivity contribution is 7.88. The van der Waals surface area contributed by atoms with E-state index in [-0.39, 0.29) is 22.8 Å². The molecule has 0 amide bonds. The van der Waals surface area contributed by atoms with Crippen molar-refractivity contribution in [3.05, 3.63) is 35.4 Å². The average Bonchev–Trinajstić information content (AvgIpc) is 2.80. The lowest BCUT2D eigenvalue weighted by molar-refractivity contribution is 0.328. The molecular weight excluding hydrogens is 304 g/mol. The van der Waals surface area contributed by atoms with Crippen molar-refractivity contribution < 1.29 is 8.42 Å². The molecule has 1 aromatic carbocycles. The van der Waals surface area contributed by atoms with Crippen LogP contribution in [0.2, 0.25) is 0 Å². The smallest absolute Gasteiger partial charge is 0.218 e.